The monoisotopic (exact) mass is 404 g/mol. The van der Waals surface area contributed by atoms with Gasteiger partial charge in [-0.3, -0.25) is 0 Å². The van der Waals surface area contributed by atoms with Gasteiger partial charge in [-0.2, -0.15) is 8.78 Å². The first kappa shape index (κ1) is 21.0. The molecule has 0 unspecified atom stereocenters. The fraction of sp³-hybridized carbons (Fsp3) is 0.692. The maximum atomic E-state index is 14.9. The van der Waals surface area contributed by atoms with Gasteiger partial charge < -0.3 is 0 Å². The summed E-state index contributed by atoms with van der Waals surface area (Å²) in [5.74, 6) is 3.15. The minimum atomic E-state index is -1.53. The van der Waals surface area contributed by atoms with E-state index in [4.69, 9.17) is 0 Å². The van der Waals surface area contributed by atoms with Crippen LogP contribution in [-0.2, 0) is 0 Å². The third kappa shape index (κ3) is 4.91. The van der Waals surface area contributed by atoms with Crippen molar-refractivity contribution in [2.24, 2.45) is 17.8 Å². The fourth-order valence-corrected chi connectivity index (χ4v) is 6.28. The molecule has 0 spiro atoms. The third-order valence-electron chi connectivity index (χ3n) is 8.29. The largest absolute Gasteiger partial charge is 0.269 e. The molecule has 0 N–H and O–H groups in total. The second kappa shape index (κ2) is 9.27. The smallest absolute Gasteiger partial charge is 0.207 e. The van der Waals surface area contributed by atoms with Gasteiger partial charge in [0.05, 0.1) is 0 Å². The van der Waals surface area contributed by atoms with E-state index in [1.54, 1.807) is 6.07 Å². The highest BCUT2D eigenvalue weighted by atomic mass is 19.3. The van der Waals surface area contributed by atoms with Crippen LogP contribution in [-0.4, -0.2) is 0 Å². The van der Waals surface area contributed by atoms with Crippen molar-refractivity contribution < 1.29 is 13.2 Å². The summed E-state index contributed by atoms with van der Waals surface area (Å²) in [6.07, 6.45) is 11.1. The molecule has 0 amide bonds. The van der Waals surface area contributed by atoms with Crippen LogP contribution in [0, 0.1) is 23.6 Å². The van der Waals surface area contributed by atoms with Crippen molar-refractivity contribution in [1.82, 2.24) is 0 Å². The third-order valence-corrected chi connectivity index (χ3v) is 8.29. The molecule has 29 heavy (non-hydrogen) atoms. The van der Waals surface area contributed by atoms with E-state index in [2.05, 4.69) is 13.0 Å². The van der Waals surface area contributed by atoms with E-state index in [0.29, 0.717) is 31.6 Å². The Morgan fingerprint density at radius 1 is 0.759 bits per heavy atom. The first-order valence-corrected chi connectivity index (χ1v) is 11.8. The molecular weight excluding hydrogens is 369 g/mol. The summed E-state index contributed by atoms with van der Waals surface area (Å²) in [5.41, 5.74) is 2.15. The van der Waals surface area contributed by atoms with Gasteiger partial charge in [0, 0.05) is 0 Å². The highest BCUT2D eigenvalue weighted by Gasteiger charge is 2.31. The molecule has 3 aliphatic carbocycles. The van der Waals surface area contributed by atoms with Gasteiger partial charge in [0.15, 0.2) is 0 Å². The Balaban J connectivity index is 1.34. The Bertz CT molecular complexity index is 707. The minimum absolute atomic E-state index is 0.0802. The van der Waals surface area contributed by atoms with Gasteiger partial charge in [-0.25, -0.2) is 4.39 Å². The summed E-state index contributed by atoms with van der Waals surface area (Å²) >= 11 is 0. The molecule has 0 atom stereocenters. The Hall–Kier alpha value is -1.25. The predicted molar refractivity (Wildman–Crippen MR) is 113 cm³/mol. The number of hydrogen-bond donors (Lipinski definition) is 0. The van der Waals surface area contributed by atoms with Crippen LogP contribution in [0.5, 0.6) is 0 Å². The van der Waals surface area contributed by atoms with Crippen molar-refractivity contribution >= 4 is 0 Å². The molecule has 4 rings (SSSR count). The van der Waals surface area contributed by atoms with Crippen molar-refractivity contribution in [1.29, 1.82) is 0 Å². The van der Waals surface area contributed by atoms with Crippen molar-refractivity contribution in [3.63, 3.8) is 0 Å². The zero-order valence-electron chi connectivity index (χ0n) is 17.7. The quantitative estimate of drug-likeness (QED) is 0.472. The standard InChI is InChI=1S/C26H35F3/c1-17-2-4-18(5-3-17)19-6-8-20(9-7-19)23-14-15-24(25(27)16-23)21-10-12-22(13-11-21)26(28)29/h14-21H,2-13H2,1H3. The maximum Gasteiger partial charge on any atom is 0.269 e. The molecule has 1 aromatic carbocycles. The van der Waals surface area contributed by atoms with Gasteiger partial charge in [-0.15, -0.1) is 0 Å². The van der Waals surface area contributed by atoms with Crippen LogP contribution in [0.3, 0.4) is 0 Å². The highest BCUT2D eigenvalue weighted by molar-refractivity contribution is 5.31. The van der Waals surface area contributed by atoms with Crippen molar-refractivity contribution in [3.8, 4) is 0 Å². The molecule has 3 heteroatoms. The second-order valence-electron chi connectivity index (χ2n) is 10.1. The number of allylic oxidation sites excluding steroid dienone is 1. The molecule has 160 valence electrons. The van der Waals surface area contributed by atoms with Gasteiger partial charge in [-0.1, -0.05) is 31.9 Å². The maximum absolute atomic E-state index is 14.9. The molecule has 3 saturated carbocycles. The lowest BCUT2D eigenvalue weighted by Gasteiger charge is -2.37. The van der Waals surface area contributed by atoms with Crippen LogP contribution in [0.15, 0.2) is 29.9 Å². The molecule has 3 fully saturated rings. The van der Waals surface area contributed by atoms with E-state index in [1.807, 2.05) is 6.07 Å². The lowest BCUT2D eigenvalue weighted by atomic mass is 9.68. The number of benzene rings is 1. The predicted octanol–water partition coefficient (Wildman–Crippen LogP) is 8.73. The van der Waals surface area contributed by atoms with E-state index in [9.17, 15) is 13.2 Å². The number of rotatable bonds is 3. The minimum Gasteiger partial charge on any atom is -0.207 e. The fourth-order valence-electron chi connectivity index (χ4n) is 6.28. The molecule has 0 radical (unpaired) electrons. The van der Waals surface area contributed by atoms with Crippen molar-refractivity contribution in [3.05, 3.63) is 46.8 Å². The molecule has 0 saturated heterocycles. The van der Waals surface area contributed by atoms with Gasteiger partial charge >= 0.3 is 0 Å². The topological polar surface area (TPSA) is 0 Å². The molecule has 1 aromatic rings. The van der Waals surface area contributed by atoms with Crippen LogP contribution in [0.2, 0.25) is 0 Å². The van der Waals surface area contributed by atoms with E-state index in [-0.39, 0.29) is 17.3 Å². The van der Waals surface area contributed by atoms with E-state index in [1.165, 1.54) is 51.4 Å². The Labute approximate surface area is 174 Å². The average molecular weight is 405 g/mol. The van der Waals surface area contributed by atoms with Crippen LogP contribution in [0.4, 0.5) is 13.2 Å². The second-order valence-corrected chi connectivity index (χ2v) is 10.1. The molecular formula is C26H35F3. The Morgan fingerprint density at radius 2 is 1.34 bits per heavy atom. The zero-order chi connectivity index (χ0) is 20.4. The highest BCUT2D eigenvalue weighted by Crippen LogP contribution is 2.44. The lowest BCUT2D eigenvalue weighted by Crippen LogP contribution is -2.24. The molecule has 0 nitrogen and oxygen atoms in total. The van der Waals surface area contributed by atoms with Gasteiger partial charge in [0.2, 0.25) is 0 Å². The zero-order valence-corrected chi connectivity index (χ0v) is 17.7. The SMILES string of the molecule is CC1CCC(C2CCC(c3ccc(C4CCC(=C(F)F)CC4)c(F)c3)CC2)CC1. The van der Waals surface area contributed by atoms with Crippen LogP contribution >= 0.6 is 0 Å². The lowest BCUT2D eigenvalue weighted by molar-refractivity contribution is 0.165. The summed E-state index contributed by atoms with van der Waals surface area (Å²) in [6.45, 7) is 2.38. The van der Waals surface area contributed by atoms with E-state index in [0.717, 1.165) is 28.9 Å². The summed E-state index contributed by atoms with van der Waals surface area (Å²) in [4.78, 5) is 0. The first-order chi connectivity index (χ1) is 14.0. The molecule has 0 aromatic heterocycles. The molecule has 0 aliphatic heterocycles. The van der Waals surface area contributed by atoms with E-state index < -0.39 is 6.08 Å². The first-order valence-electron chi connectivity index (χ1n) is 11.8. The summed E-state index contributed by atoms with van der Waals surface area (Å²) in [7, 11) is 0. The molecule has 3 aliphatic rings. The van der Waals surface area contributed by atoms with Gasteiger partial charge in [0.25, 0.3) is 6.08 Å². The van der Waals surface area contributed by atoms with Crippen molar-refractivity contribution in [2.45, 2.75) is 95.8 Å². The van der Waals surface area contributed by atoms with Gasteiger partial charge in [-0.05, 0) is 117 Å². The summed E-state index contributed by atoms with van der Waals surface area (Å²) in [6, 6.07) is 5.82. The van der Waals surface area contributed by atoms with Gasteiger partial charge in [0.1, 0.15) is 5.82 Å². The number of hydrogen-bond acceptors (Lipinski definition) is 0. The number of halogens is 3. The van der Waals surface area contributed by atoms with E-state index >= 15 is 0 Å². The van der Waals surface area contributed by atoms with Crippen LogP contribution < -0.4 is 0 Å². The van der Waals surface area contributed by atoms with Crippen LogP contribution in [0.1, 0.15) is 107 Å². The Morgan fingerprint density at radius 3 is 1.90 bits per heavy atom. The molecule has 0 heterocycles. The van der Waals surface area contributed by atoms with Crippen LogP contribution in [0.25, 0.3) is 0 Å². The normalized spacial score (nSPS) is 33.5. The Kier molecular flexibility index (Phi) is 6.71. The van der Waals surface area contributed by atoms with Crippen molar-refractivity contribution in [2.75, 3.05) is 0 Å². The average Bonchev–Trinajstić information content (AvgIpc) is 2.74. The molecule has 0 bridgehead atoms. The summed E-state index contributed by atoms with van der Waals surface area (Å²) < 4.78 is 40.4. The summed E-state index contributed by atoms with van der Waals surface area (Å²) in [5, 5.41) is 0.